The summed E-state index contributed by atoms with van der Waals surface area (Å²) in [7, 11) is 1.49. The van der Waals surface area contributed by atoms with Gasteiger partial charge in [0, 0.05) is 12.6 Å². The molecule has 0 unspecified atom stereocenters. The number of amides is 5. The van der Waals surface area contributed by atoms with Crippen molar-refractivity contribution in [2.24, 2.45) is 0 Å². The molecule has 8 nitrogen and oxygen atoms in total. The van der Waals surface area contributed by atoms with Crippen LogP contribution in [0.25, 0.3) is 0 Å². The van der Waals surface area contributed by atoms with Gasteiger partial charge in [0.15, 0.2) is 0 Å². The van der Waals surface area contributed by atoms with Gasteiger partial charge in [0.1, 0.15) is 12.1 Å². The lowest BCUT2D eigenvalue weighted by Crippen LogP contribution is -2.49. The maximum Gasteiger partial charge on any atom is 0.325 e. The van der Waals surface area contributed by atoms with Gasteiger partial charge in [0.2, 0.25) is 11.8 Å². The summed E-state index contributed by atoms with van der Waals surface area (Å²) >= 11 is 0. The third-order valence-electron chi connectivity index (χ3n) is 4.82. The highest BCUT2D eigenvalue weighted by atomic mass is 16.2. The third kappa shape index (κ3) is 4.74. The van der Waals surface area contributed by atoms with Crippen LogP contribution in [0.4, 0.5) is 4.79 Å². The van der Waals surface area contributed by atoms with Crippen LogP contribution in [-0.2, 0) is 14.4 Å². The Bertz CT molecular complexity index is 588. The Morgan fingerprint density at radius 1 is 1.15 bits per heavy atom. The molecule has 146 valence electrons. The molecular weight excluding hydrogens is 336 g/mol. The zero-order valence-electron chi connectivity index (χ0n) is 16.2. The van der Waals surface area contributed by atoms with Crippen LogP contribution in [0.3, 0.4) is 0 Å². The fraction of sp³-hybridized carbons (Fsp3) is 0.778. The number of carbonyl (C=O) groups excluding carboxylic acids is 4. The van der Waals surface area contributed by atoms with Crippen molar-refractivity contribution in [2.75, 3.05) is 20.1 Å². The van der Waals surface area contributed by atoms with E-state index >= 15 is 0 Å². The summed E-state index contributed by atoms with van der Waals surface area (Å²) in [5.41, 5.74) is -1.24. The number of rotatable bonds is 4. The molecule has 1 aliphatic heterocycles. The highest BCUT2D eigenvalue weighted by molar-refractivity contribution is 6.09. The molecule has 2 rings (SSSR count). The molecule has 0 aromatic rings. The van der Waals surface area contributed by atoms with Crippen LogP contribution in [0.2, 0.25) is 0 Å². The average molecular weight is 366 g/mol. The topological polar surface area (TPSA) is 98.8 Å². The SMILES string of the molecule is CN(CC(=O)NC(C)(C)C)C(=O)CN1C(=O)NC2(CCCCCC2)C1=O. The van der Waals surface area contributed by atoms with Crippen LogP contribution >= 0.6 is 0 Å². The van der Waals surface area contributed by atoms with Crippen LogP contribution < -0.4 is 10.6 Å². The molecule has 0 aromatic heterocycles. The zero-order chi connectivity index (χ0) is 19.5. The van der Waals surface area contributed by atoms with E-state index in [0.717, 1.165) is 30.6 Å². The Morgan fingerprint density at radius 3 is 2.27 bits per heavy atom. The van der Waals surface area contributed by atoms with Crippen molar-refractivity contribution in [1.29, 1.82) is 0 Å². The van der Waals surface area contributed by atoms with E-state index in [-0.39, 0.29) is 24.9 Å². The lowest BCUT2D eigenvalue weighted by Gasteiger charge is -2.26. The van der Waals surface area contributed by atoms with E-state index in [9.17, 15) is 19.2 Å². The van der Waals surface area contributed by atoms with Gasteiger partial charge in [-0.05, 0) is 33.6 Å². The quantitative estimate of drug-likeness (QED) is 0.725. The van der Waals surface area contributed by atoms with E-state index in [1.54, 1.807) is 0 Å². The van der Waals surface area contributed by atoms with Crippen molar-refractivity contribution in [3.63, 3.8) is 0 Å². The summed E-state index contributed by atoms with van der Waals surface area (Å²) in [5, 5.41) is 5.59. The van der Waals surface area contributed by atoms with Crippen LogP contribution in [0.1, 0.15) is 59.3 Å². The first kappa shape index (κ1) is 20.2. The Labute approximate surface area is 154 Å². The molecule has 0 radical (unpaired) electrons. The highest BCUT2D eigenvalue weighted by Gasteiger charge is 2.51. The minimum atomic E-state index is -0.851. The molecule has 5 amide bonds. The third-order valence-corrected chi connectivity index (χ3v) is 4.82. The number of nitrogens with zero attached hydrogens (tertiary/aromatic N) is 2. The molecule has 2 fully saturated rings. The van der Waals surface area contributed by atoms with Gasteiger partial charge in [0.05, 0.1) is 6.54 Å². The number of hydrogen-bond donors (Lipinski definition) is 2. The number of imide groups is 1. The van der Waals surface area contributed by atoms with Crippen molar-refractivity contribution in [3.8, 4) is 0 Å². The molecule has 26 heavy (non-hydrogen) atoms. The first-order valence-corrected chi connectivity index (χ1v) is 9.23. The van der Waals surface area contributed by atoms with Crippen molar-refractivity contribution < 1.29 is 19.2 Å². The largest absolute Gasteiger partial charge is 0.350 e. The number of hydrogen-bond acceptors (Lipinski definition) is 4. The lowest BCUT2D eigenvalue weighted by molar-refractivity contribution is -0.140. The normalized spacial score (nSPS) is 19.9. The minimum absolute atomic E-state index is 0.120. The van der Waals surface area contributed by atoms with Crippen molar-refractivity contribution in [1.82, 2.24) is 20.4 Å². The second-order valence-corrected chi connectivity index (χ2v) is 8.37. The smallest absolute Gasteiger partial charge is 0.325 e. The Morgan fingerprint density at radius 2 is 1.73 bits per heavy atom. The maximum atomic E-state index is 12.8. The van der Waals surface area contributed by atoms with Gasteiger partial charge in [-0.3, -0.25) is 19.3 Å². The molecule has 2 aliphatic rings. The zero-order valence-corrected chi connectivity index (χ0v) is 16.2. The second-order valence-electron chi connectivity index (χ2n) is 8.37. The van der Waals surface area contributed by atoms with E-state index in [2.05, 4.69) is 10.6 Å². The summed E-state index contributed by atoms with van der Waals surface area (Å²) in [6.45, 7) is 5.10. The van der Waals surface area contributed by atoms with Gasteiger partial charge in [-0.1, -0.05) is 25.7 Å². The van der Waals surface area contributed by atoms with Gasteiger partial charge in [-0.25, -0.2) is 4.79 Å². The highest BCUT2D eigenvalue weighted by Crippen LogP contribution is 2.32. The lowest BCUT2D eigenvalue weighted by atomic mass is 9.90. The first-order chi connectivity index (χ1) is 12.0. The van der Waals surface area contributed by atoms with Crippen molar-refractivity contribution in [2.45, 2.75) is 70.4 Å². The summed E-state index contributed by atoms with van der Waals surface area (Å²) in [6, 6.07) is -0.516. The van der Waals surface area contributed by atoms with Gasteiger partial charge in [-0.2, -0.15) is 0 Å². The van der Waals surface area contributed by atoms with E-state index in [4.69, 9.17) is 0 Å². The summed E-state index contributed by atoms with van der Waals surface area (Å²) in [4.78, 5) is 51.7. The Balaban J connectivity index is 1.96. The fourth-order valence-corrected chi connectivity index (χ4v) is 3.51. The van der Waals surface area contributed by atoms with Crippen molar-refractivity contribution >= 4 is 23.8 Å². The van der Waals surface area contributed by atoms with Crippen molar-refractivity contribution in [3.05, 3.63) is 0 Å². The number of carbonyl (C=O) groups is 4. The predicted molar refractivity (Wildman–Crippen MR) is 96.2 cm³/mol. The number of nitrogens with one attached hydrogen (secondary N) is 2. The van der Waals surface area contributed by atoms with E-state index in [1.807, 2.05) is 20.8 Å². The predicted octanol–water partition coefficient (Wildman–Crippen LogP) is 1.00. The van der Waals surface area contributed by atoms with Crippen LogP contribution in [0.15, 0.2) is 0 Å². The molecule has 1 aliphatic carbocycles. The minimum Gasteiger partial charge on any atom is -0.350 e. The Kier molecular flexibility index (Phi) is 5.93. The standard InChI is InChI=1S/C18H30N4O4/c1-17(2,3)19-13(23)11-21(4)14(24)12-22-15(25)18(20-16(22)26)9-7-5-6-8-10-18/h5-12H2,1-4H3,(H,19,23)(H,20,26). The van der Waals surface area contributed by atoms with Gasteiger partial charge < -0.3 is 15.5 Å². The average Bonchev–Trinajstić information content (AvgIpc) is 2.69. The van der Waals surface area contributed by atoms with Gasteiger partial charge in [-0.15, -0.1) is 0 Å². The molecule has 0 atom stereocenters. The van der Waals surface area contributed by atoms with Crippen LogP contribution in [0, 0.1) is 0 Å². The summed E-state index contributed by atoms with van der Waals surface area (Å²) in [5.74, 6) is -1.04. The molecule has 1 saturated heterocycles. The molecule has 1 heterocycles. The molecular formula is C18H30N4O4. The molecule has 1 saturated carbocycles. The van der Waals surface area contributed by atoms with Gasteiger partial charge >= 0.3 is 6.03 Å². The molecule has 0 bridgehead atoms. The molecule has 2 N–H and O–H groups in total. The fourth-order valence-electron chi connectivity index (χ4n) is 3.51. The molecule has 1 spiro atoms. The molecule has 0 aromatic carbocycles. The second kappa shape index (κ2) is 7.63. The van der Waals surface area contributed by atoms with Crippen LogP contribution in [-0.4, -0.2) is 64.8 Å². The number of likely N-dealkylation sites (N-methyl/N-ethyl adjacent to an activating group) is 1. The summed E-state index contributed by atoms with van der Waals surface area (Å²) in [6.07, 6.45) is 5.12. The van der Waals surface area contributed by atoms with E-state index < -0.39 is 23.0 Å². The van der Waals surface area contributed by atoms with E-state index in [1.165, 1.54) is 11.9 Å². The van der Waals surface area contributed by atoms with Gasteiger partial charge in [0.25, 0.3) is 5.91 Å². The first-order valence-electron chi connectivity index (χ1n) is 9.23. The van der Waals surface area contributed by atoms with E-state index in [0.29, 0.717) is 12.8 Å². The van der Waals surface area contributed by atoms with Crippen LogP contribution in [0.5, 0.6) is 0 Å². The maximum absolute atomic E-state index is 12.8. The Hall–Kier alpha value is -2.12. The molecule has 8 heteroatoms. The monoisotopic (exact) mass is 366 g/mol. The number of urea groups is 1. The summed E-state index contributed by atoms with van der Waals surface area (Å²) < 4.78 is 0.